The Morgan fingerprint density at radius 1 is 1.06 bits per heavy atom. The molecule has 36 heavy (non-hydrogen) atoms. The highest BCUT2D eigenvalue weighted by atomic mass is 16.5. The quantitative estimate of drug-likeness (QED) is 0.372. The second-order valence-corrected chi connectivity index (χ2v) is 8.78. The van der Waals surface area contributed by atoms with Crippen molar-refractivity contribution in [2.75, 3.05) is 6.61 Å². The highest BCUT2D eigenvalue weighted by Crippen LogP contribution is 2.33. The van der Waals surface area contributed by atoms with Gasteiger partial charge in [0.2, 0.25) is 0 Å². The molecule has 4 aromatic rings. The van der Waals surface area contributed by atoms with Crippen LogP contribution in [0, 0.1) is 6.92 Å². The van der Waals surface area contributed by atoms with Crippen molar-refractivity contribution in [1.82, 2.24) is 14.1 Å². The maximum atomic E-state index is 13.0. The lowest BCUT2D eigenvalue weighted by molar-refractivity contribution is -0.153. The minimum Gasteiger partial charge on any atom is -0.467 e. The number of fused-ring (bicyclic) bond motifs is 1. The monoisotopic (exact) mass is 486 g/mol. The van der Waals surface area contributed by atoms with Crippen molar-refractivity contribution in [3.8, 4) is 0 Å². The van der Waals surface area contributed by atoms with E-state index in [9.17, 15) is 14.4 Å². The second kappa shape index (κ2) is 9.69. The van der Waals surface area contributed by atoms with E-state index >= 15 is 0 Å². The first-order valence-electron chi connectivity index (χ1n) is 11.7. The summed E-state index contributed by atoms with van der Waals surface area (Å²) in [5, 5.41) is 5.88. The molecule has 0 saturated carbocycles. The fourth-order valence-electron chi connectivity index (χ4n) is 4.43. The van der Waals surface area contributed by atoms with Gasteiger partial charge in [-0.25, -0.2) is 9.80 Å². The number of imidazole rings is 1. The predicted octanol–water partition coefficient (Wildman–Crippen LogP) is 3.55. The van der Waals surface area contributed by atoms with Crippen LogP contribution in [0.15, 0.2) is 81.2 Å². The van der Waals surface area contributed by atoms with E-state index in [0.29, 0.717) is 12.2 Å². The number of hydrogen-bond donors (Lipinski definition) is 0. The molecule has 184 valence electrons. The predicted molar refractivity (Wildman–Crippen MR) is 133 cm³/mol. The van der Waals surface area contributed by atoms with Gasteiger partial charge in [0, 0.05) is 20.0 Å². The molecule has 1 amide bonds. The first kappa shape index (κ1) is 23.3. The number of hydrogen-bond acceptors (Lipinski definition) is 6. The molecule has 9 nitrogen and oxygen atoms in total. The van der Waals surface area contributed by atoms with Gasteiger partial charge in [-0.1, -0.05) is 42.0 Å². The third-order valence-corrected chi connectivity index (χ3v) is 6.37. The zero-order valence-electron chi connectivity index (χ0n) is 20.1. The zero-order chi connectivity index (χ0) is 25.2. The Balaban J connectivity index is 1.25. The molecule has 0 bridgehead atoms. The van der Waals surface area contributed by atoms with Crippen LogP contribution in [0.25, 0.3) is 11.0 Å². The number of furan rings is 1. The van der Waals surface area contributed by atoms with Crippen molar-refractivity contribution >= 4 is 28.6 Å². The lowest BCUT2D eigenvalue weighted by Gasteiger charge is -2.19. The molecule has 1 aliphatic heterocycles. The summed E-state index contributed by atoms with van der Waals surface area (Å²) in [5.74, 6) is -0.412. The summed E-state index contributed by atoms with van der Waals surface area (Å²) in [4.78, 5) is 38.0. The molecular formula is C27H26N4O5. The molecule has 5 rings (SSSR count). The molecule has 0 N–H and O–H groups in total. The Bertz CT molecular complexity index is 1500. The van der Waals surface area contributed by atoms with Crippen molar-refractivity contribution in [2.45, 2.75) is 32.4 Å². The molecule has 0 radical (unpaired) electrons. The summed E-state index contributed by atoms with van der Waals surface area (Å²) in [6.07, 6.45) is 2.00. The minimum absolute atomic E-state index is 0.0410. The molecule has 2 aromatic heterocycles. The van der Waals surface area contributed by atoms with Crippen molar-refractivity contribution < 1.29 is 18.7 Å². The van der Waals surface area contributed by atoms with E-state index in [1.54, 1.807) is 25.4 Å². The molecule has 0 saturated heterocycles. The van der Waals surface area contributed by atoms with Crippen molar-refractivity contribution in [1.29, 1.82) is 0 Å². The lowest BCUT2D eigenvalue weighted by Crippen LogP contribution is -2.31. The number of carbonyl (C=O) groups excluding carboxylic acids is 2. The molecular weight excluding hydrogens is 460 g/mol. The van der Waals surface area contributed by atoms with Gasteiger partial charge in [0.1, 0.15) is 11.8 Å². The minimum atomic E-state index is -0.570. The number of ether oxygens (including phenoxy) is 1. The van der Waals surface area contributed by atoms with Crippen LogP contribution >= 0.6 is 0 Å². The van der Waals surface area contributed by atoms with Crippen LogP contribution in [0.2, 0.25) is 0 Å². The number of benzene rings is 2. The largest absolute Gasteiger partial charge is 0.467 e. The average Bonchev–Trinajstić information content (AvgIpc) is 3.62. The normalized spacial score (nSPS) is 15.3. The fourth-order valence-corrected chi connectivity index (χ4v) is 4.43. The fraction of sp³-hybridized carbons (Fsp3) is 0.259. The Labute approximate surface area is 207 Å². The number of esters is 1. The summed E-state index contributed by atoms with van der Waals surface area (Å²) in [6.45, 7) is 1.71. The lowest BCUT2D eigenvalue weighted by atomic mass is 10.0. The third-order valence-electron chi connectivity index (χ3n) is 6.37. The van der Waals surface area contributed by atoms with Crippen molar-refractivity contribution in [2.24, 2.45) is 12.1 Å². The first-order chi connectivity index (χ1) is 17.4. The van der Waals surface area contributed by atoms with Crippen LogP contribution in [-0.4, -0.2) is 38.3 Å². The standard InChI is InChI=1S/C27H26N4O5/c1-18-9-11-19(12-10-18)20-16-23(24-8-5-15-35-24)31(28-20)25(32)17-36-26(33)13-14-30-22-7-4-3-6-21(22)29(2)27(30)34/h3-12,15,23H,13-14,16-17H2,1-2H3. The highest BCUT2D eigenvalue weighted by molar-refractivity contribution is 6.03. The van der Waals surface area contributed by atoms with Crippen LogP contribution in [0.3, 0.4) is 0 Å². The zero-order valence-corrected chi connectivity index (χ0v) is 20.1. The number of aryl methyl sites for hydroxylation is 3. The SMILES string of the molecule is Cc1ccc(C2=NN(C(=O)COC(=O)CCn3c(=O)n(C)c4ccccc43)C(c3ccco3)C2)cc1. The first-order valence-corrected chi connectivity index (χ1v) is 11.7. The van der Waals surface area contributed by atoms with Gasteiger partial charge in [-0.05, 0) is 36.8 Å². The van der Waals surface area contributed by atoms with Gasteiger partial charge in [-0.15, -0.1) is 0 Å². The van der Waals surface area contributed by atoms with Crippen LogP contribution in [0.4, 0.5) is 0 Å². The summed E-state index contributed by atoms with van der Waals surface area (Å²) < 4.78 is 13.9. The Kier molecular flexibility index (Phi) is 6.28. The maximum Gasteiger partial charge on any atom is 0.328 e. The van der Waals surface area contributed by atoms with Crippen LogP contribution in [0.5, 0.6) is 0 Å². The second-order valence-electron chi connectivity index (χ2n) is 8.78. The number of hydrazone groups is 1. The van der Waals surface area contributed by atoms with E-state index in [4.69, 9.17) is 9.15 Å². The average molecular weight is 487 g/mol. The van der Waals surface area contributed by atoms with Gasteiger partial charge >= 0.3 is 11.7 Å². The van der Waals surface area contributed by atoms with E-state index in [2.05, 4.69) is 5.10 Å². The molecule has 1 unspecified atom stereocenters. The van der Waals surface area contributed by atoms with Gasteiger partial charge in [0.05, 0.1) is 29.4 Å². The topological polar surface area (TPSA) is 99.0 Å². The molecule has 9 heteroatoms. The van der Waals surface area contributed by atoms with Gasteiger partial charge in [-0.2, -0.15) is 5.10 Å². The summed E-state index contributed by atoms with van der Waals surface area (Å²) in [6, 6.07) is 18.4. The molecule has 3 heterocycles. The van der Waals surface area contributed by atoms with Gasteiger partial charge < -0.3 is 9.15 Å². The van der Waals surface area contributed by atoms with E-state index in [1.165, 1.54) is 14.1 Å². The Hall–Kier alpha value is -4.40. The maximum absolute atomic E-state index is 13.0. The number of rotatable bonds is 7. The van der Waals surface area contributed by atoms with Crippen LogP contribution in [0.1, 0.15) is 35.8 Å². The summed E-state index contributed by atoms with van der Waals surface area (Å²) in [7, 11) is 1.69. The van der Waals surface area contributed by atoms with Crippen LogP contribution < -0.4 is 5.69 Å². The molecule has 0 aliphatic carbocycles. The summed E-state index contributed by atoms with van der Waals surface area (Å²) in [5.41, 5.74) is 4.12. The molecule has 2 aromatic carbocycles. The van der Waals surface area contributed by atoms with E-state index in [-0.39, 0.29) is 18.7 Å². The molecule has 1 aliphatic rings. The number of amides is 1. The number of aromatic nitrogens is 2. The van der Waals surface area contributed by atoms with Gasteiger partial charge in [0.15, 0.2) is 6.61 Å². The van der Waals surface area contributed by atoms with E-state index < -0.39 is 24.5 Å². The van der Waals surface area contributed by atoms with Crippen LogP contribution in [-0.2, 0) is 27.9 Å². The van der Waals surface area contributed by atoms with Crippen molar-refractivity contribution in [3.63, 3.8) is 0 Å². The van der Waals surface area contributed by atoms with E-state index in [1.807, 2.05) is 55.5 Å². The third kappa shape index (κ3) is 4.47. The van der Waals surface area contributed by atoms with Gasteiger partial charge in [0.25, 0.3) is 5.91 Å². The molecule has 0 fully saturated rings. The molecule has 1 atom stereocenters. The van der Waals surface area contributed by atoms with Gasteiger partial charge in [-0.3, -0.25) is 18.7 Å². The Morgan fingerprint density at radius 3 is 2.53 bits per heavy atom. The Morgan fingerprint density at radius 2 is 1.81 bits per heavy atom. The van der Waals surface area contributed by atoms with Crippen molar-refractivity contribution in [3.05, 3.63) is 94.3 Å². The van der Waals surface area contributed by atoms with E-state index in [0.717, 1.165) is 27.9 Å². The number of nitrogens with zero attached hydrogens (tertiary/aromatic N) is 4. The number of para-hydroxylation sites is 2. The highest BCUT2D eigenvalue weighted by Gasteiger charge is 2.35. The summed E-state index contributed by atoms with van der Waals surface area (Å²) >= 11 is 0. The molecule has 0 spiro atoms. The smallest absolute Gasteiger partial charge is 0.328 e. The number of carbonyl (C=O) groups is 2.